The first-order valence-corrected chi connectivity index (χ1v) is 8.99. The van der Waals surface area contributed by atoms with Gasteiger partial charge in [-0.1, -0.05) is 5.92 Å². The van der Waals surface area contributed by atoms with Crippen molar-refractivity contribution in [1.82, 2.24) is 14.9 Å². The van der Waals surface area contributed by atoms with Gasteiger partial charge in [0.25, 0.3) is 5.91 Å². The van der Waals surface area contributed by atoms with Crippen molar-refractivity contribution >= 4 is 29.4 Å². The zero-order valence-electron chi connectivity index (χ0n) is 14.2. The highest BCUT2D eigenvalue weighted by Gasteiger charge is 2.27. The predicted molar refractivity (Wildman–Crippen MR) is 95.0 cm³/mol. The molecule has 1 fully saturated rings. The lowest BCUT2D eigenvalue weighted by molar-refractivity contribution is 0.101. The van der Waals surface area contributed by atoms with Crippen molar-refractivity contribution in [2.75, 3.05) is 25.0 Å². The molecule has 1 aliphatic rings. The highest BCUT2D eigenvalue weighted by Crippen LogP contribution is 2.30. The highest BCUT2D eigenvalue weighted by atomic mass is 32.1. The fraction of sp³-hybridized carbons (Fsp3) is 0.412. The Morgan fingerprint density at radius 1 is 1.46 bits per heavy atom. The fourth-order valence-electron chi connectivity index (χ4n) is 2.66. The van der Waals surface area contributed by atoms with Crippen LogP contribution in [0.3, 0.4) is 0 Å². The molecule has 2 aromatic rings. The molecule has 0 spiro atoms. The van der Waals surface area contributed by atoms with E-state index < -0.39 is 0 Å². The monoisotopic (exact) mass is 374 g/mol. The number of rotatable bonds is 4. The van der Waals surface area contributed by atoms with Crippen LogP contribution in [0.15, 0.2) is 16.1 Å². The molecule has 3 heterocycles. The molecule has 0 unspecified atom stereocenters. The molecule has 1 aliphatic heterocycles. The van der Waals surface area contributed by atoms with Crippen LogP contribution in [0.1, 0.15) is 39.9 Å². The number of oxazole rings is 1. The number of ether oxygens (including phenoxy) is 1. The molecule has 0 radical (unpaired) electrons. The van der Waals surface area contributed by atoms with Gasteiger partial charge in [-0.05, 0) is 19.8 Å². The van der Waals surface area contributed by atoms with Gasteiger partial charge in [-0.25, -0.2) is 9.78 Å². The zero-order chi connectivity index (χ0) is 18.5. The lowest BCUT2D eigenvalue weighted by Gasteiger charge is -2.30. The largest absolute Gasteiger partial charge is 0.436 e. The predicted octanol–water partition coefficient (Wildman–Crippen LogP) is 2.64. The lowest BCUT2D eigenvalue weighted by Crippen LogP contribution is -2.38. The number of carbonyl (C=O) groups excluding carboxylic acids is 2. The van der Waals surface area contributed by atoms with E-state index >= 15 is 0 Å². The highest BCUT2D eigenvalue weighted by molar-refractivity contribution is 7.09. The van der Waals surface area contributed by atoms with Crippen molar-refractivity contribution in [2.45, 2.75) is 25.7 Å². The summed E-state index contributed by atoms with van der Waals surface area (Å²) in [6.07, 6.45) is 7.69. The molecule has 0 aromatic carbocycles. The van der Waals surface area contributed by atoms with Crippen LogP contribution in [0.2, 0.25) is 0 Å². The number of piperidine rings is 1. The maximum atomic E-state index is 12.2. The van der Waals surface area contributed by atoms with E-state index in [-0.39, 0.29) is 30.5 Å². The van der Waals surface area contributed by atoms with Gasteiger partial charge in [-0.2, -0.15) is 4.98 Å². The van der Waals surface area contributed by atoms with Crippen LogP contribution in [0.4, 0.5) is 10.8 Å². The van der Waals surface area contributed by atoms with Crippen LogP contribution in [0, 0.1) is 19.3 Å². The van der Waals surface area contributed by atoms with Gasteiger partial charge in [0.1, 0.15) is 12.0 Å². The normalized spacial score (nSPS) is 14.7. The first-order chi connectivity index (χ1) is 12.6. The Hall–Kier alpha value is -2.86. The Balaban J connectivity index is 1.54. The smallest absolute Gasteiger partial charge is 0.410 e. The third kappa shape index (κ3) is 4.21. The number of aryl methyl sites for hydroxylation is 1. The van der Waals surface area contributed by atoms with Crippen LogP contribution < -0.4 is 5.32 Å². The number of aromatic nitrogens is 2. The number of hydrogen-bond acceptors (Lipinski definition) is 7. The zero-order valence-corrected chi connectivity index (χ0v) is 15.0. The van der Waals surface area contributed by atoms with E-state index in [0.717, 1.165) is 17.8 Å². The minimum Gasteiger partial charge on any atom is -0.436 e. The van der Waals surface area contributed by atoms with Crippen molar-refractivity contribution in [3.63, 3.8) is 0 Å². The number of carbonyl (C=O) groups is 2. The van der Waals surface area contributed by atoms with Crippen LogP contribution in [0.5, 0.6) is 0 Å². The van der Waals surface area contributed by atoms with E-state index in [4.69, 9.17) is 15.6 Å². The molecule has 3 rings (SSSR count). The van der Waals surface area contributed by atoms with Crippen LogP contribution in [-0.4, -0.2) is 46.6 Å². The molecular formula is C17H18N4O4S. The topological polar surface area (TPSA) is 97.6 Å². The molecule has 0 atom stereocenters. The second-order valence-corrected chi connectivity index (χ2v) is 6.73. The van der Waals surface area contributed by atoms with E-state index in [9.17, 15) is 9.59 Å². The van der Waals surface area contributed by atoms with E-state index in [0.29, 0.717) is 24.5 Å². The van der Waals surface area contributed by atoms with Gasteiger partial charge >= 0.3 is 12.1 Å². The number of nitrogens with one attached hydrogen (secondary N) is 1. The Bertz CT molecular complexity index is 830. The summed E-state index contributed by atoms with van der Waals surface area (Å²) in [5.41, 5.74) is 1.02. The number of nitrogens with zero attached hydrogens (tertiary/aromatic N) is 3. The van der Waals surface area contributed by atoms with Crippen molar-refractivity contribution in [3.8, 4) is 12.3 Å². The minimum atomic E-state index is -0.387. The molecular weight excluding hydrogens is 356 g/mol. The molecule has 8 nitrogen and oxygen atoms in total. The Morgan fingerprint density at radius 3 is 2.88 bits per heavy atom. The van der Waals surface area contributed by atoms with Crippen molar-refractivity contribution in [3.05, 3.63) is 28.0 Å². The summed E-state index contributed by atoms with van der Waals surface area (Å²) >= 11 is 1.44. The van der Waals surface area contributed by atoms with Gasteiger partial charge in [0.2, 0.25) is 0 Å². The molecule has 0 aliphatic carbocycles. The number of thiazole rings is 1. The van der Waals surface area contributed by atoms with Crippen LogP contribution in [0.25, 0.3) is 0 Å². The van der Waals surface area contributed by atoms with Gasteiger partial charge in [-0.3, -0.25) is 10.1 Å². The third-order valence-corrected chi connectivity index (χ3v) is 4.98. The molecule has 1 saturated heterocycles. The van der Waals surface area contributed by atoms with Gasteiger partial charge in [0.05, 0.1) is 10.7 Å². The summed E-state index contributed by atoms with van der Waals surface area (Å²) in [6.45, 7) is 2.90. The maximum absolute atomic E-state index is 12.2. The standard InChI is InChI=1S/C17H18N4O4S/c1-3-8-24-17(23)21-6-4-12(5-7-21)15-19-13(10-26-15)14(22)20-16-18-11(2)9-25-16/h1,9-10,12H,4-8H2,2H3,(H,18,20,22). The van der Waals surface area contributed by atoms with E-state index in [1.54, 1.807) is 17.2 Å². The van der Waals surface area contributed by atoms with Gasteiger partial charge in [-0.15, -0.1) is 17.8 Å². The Kier molecular flexibility index (Phi) is 5.53. The number of amides is 2. The van der Waals surface area contributed by atoms with E-state index in [2.05, 4.69) is 21.2 Å². The summed E-state index contributed by atoms with van der Waals surface area (Å²) in [6, 6.07) is 0.154. The summed E-state index contributed by atoms with van der Waals surface area (Å²) < 4.78 is 10.0. The van der Waals surface area contributed by atoms with Gasteiger partial charge in [0.15, 0.2) is 6.61 Å². The Labute approximate surface area is 154 Å². The second kappa shape index (κ2) is 8.01. The minimum absolute atomic E-state index is 0.0201. The van der Waals surface area contributed by atoms with Crippen molar-refractivity contribution in [2.24, 2.45) is 0 Å². The average Bonchev–Trinajstić information content (AvgIpc) is 3.29. The first-order valence-electron chi connectivity index (χ1n) is 8.11. The molecule has 0 saturated carbocycles. The average molecular weight is 374 g/mol. The third-order valence-electron chi connectivity index (χ3n) is 3.98. The first kappa shape index (κ1) is 17.9. The number of terminal acetylenes is 1. The van der Waals surface area contributed by atoms with Crippen molar-refractivity contribution in [1.29, 1.82) is 0 Å². The molecule has 2 amide bonds. The number of likely N-dealkylation sites (tertiary alicyclic amines) is 1. The summed E-state index contributed by atoms with van der Waals surface area (Å²) in [5.74, 6) is 2.13. The molecule has 1 N–H and O–H groups in total. The van der Waals surface area contributed by atoms with Crippen LogP contribution in [-0.2, 0) is 4.74 Å². The second-order valence-electron chi connectivity index (χ2n) is 5.84. The SMILES string of the molecule is C#CCOC(=O)N1CCC(c2nc(C(=O)Nc3nc(C)co3)cs2)CC1. The molecule has 2 aromatic heterocycles. The molecule has 9 heteroatoms. The quantitative estimate of drug-likeness (QED) is 0.826. The molecule has 0 bridgehead atoms. The summed E-state index contributed by atoms with van der Waals surface area (Å²) in [7, 11) is 0. The van der Waals surface area contributed by atoms with E-state index in [1.807, 2.05) is 0 Å². The number of anilines is 1. The lowest BCUT2D eigenvalue weighted by atomic mass is 9.98. The van der Waals surface area contributed by atoms with Crippen LogP contribution >= 0.6 is 11.3 Å². The summed E-state index contributed by atoms with van der Waals surface area (Å²) in [4.78, 5) is 34.1. The summed E-state index contributed by atoms with van der Waals surface area (Å²) in [5, 5.41) is 5.18. The fourth-order valence-corrected chi connectivity index (χ4v) is 3.63. The number of hydrogen-bond donors (Lipinski definition) is 1. The van der Waals surface area contributed by atoms with Gasteiger partial charge < -0.3 is 14.1 Å². The maximum Gasteiger partial charge on any atom is 0.410 e. The van der Waals surface area contributed by atoms with Crippen molar-refractivity contribution < 1.29 is 18.7 Å². The van der Waals surface area contributed by atoms with Gasteiger partial charge in [0, 0.05) is 24.4 Å². The molecule has 26 heavy (non-hydrogen) atoms. The van der Waals surface area contributed by atoms with E-state index in [1.165, 1.54) is 17.6 Å². The Morgan fingerprint density at radius 2 is 2.23 bits per heavy atom. The molecule has 136 valence electrons.